The Morgan fingerprint density at radius 3 is 1.24 bits per heavy atom. The second-order valence-corrected chi connectivity index (χ2v) is 9.73. The van der Waals surface area contributed by atoms with Crippen molar-refractivity contribution >= 4 is 39.8 Å². The van der Waals surface area contributed by atoms with E-state index in [9.17, 15) is 0 Å². The van der Waals surface area contributed by atoms with Gasteiger partial charge in [-0.1, -0.05) is 98.4 Å². The molecule has 5 heteroatoms. The first-order valence-corrected chi connectivity index (χ1v) is 12.2. The number of ether oxygens (including phenoxy) is 3. The molecule has 0 unspecified atom stereocenters. The van der Waals surface area contributed by atoms with Crippen LogP contribution in [0.2, 0.25) is 0 Å². The van der Waals surface area contributed by atoms with Crippen LogP contribution in [0.25, 0.3) is 0 Å². The number of halogens is 1. The highest BCUT2D eigenvalue weighted by atomic mass is 79.9. The molecule has 0 radical (unpaired) electrons. The van der Waals surface area contributed by atoms with Crippen molar-refractivity contribution in [2.24, 2.45) is 0 Å². The normalized spacial score (nSPS) is 9.85. The van der Waals surface area contributed by atoms with E-state index in [4.69, 9.17) is 14.2 Å². The van der Waals surface area contributed by atoms with E-state index >= 15 is 0 Å². The third-order valence-electron chi connectivity index (χ3n) is 4.70. The number of benzene rings is 4. The zero-order chi connectivity index (χ0) is 22.8. The van der Waals surface area contributed by atoms with Crippen molar-refractivity contribution < 1.29 is 14.2 Å². The molecule has 0 aliphatic heterocycles. The van der Waals surface area contributed by atoms with Crippen LogP contribution in [0, 0.1) is 0 Å². The summed E-state index contributed by atoms with van der Waals surface area (Å²) < 4.78 is 16.3. The van der Waals surface area contributed by atoms with Crippen molar-refractivity contribution in [3.05, 3.63) is 108 Å². The maximum atomic E-state index is 5.16. The molecular formula is C28H30BrO3P. The molecule has 0 N–H and O–H groups in total. The van der Waals surface area contributed by atoms with Gasteiger partial charge in [0, 0.05) is 0 Å². The van der Waals surface area contributed by atoms with Crippen molar-refractivity contribution in [1.29, 1.82) is 0 Å². The third kappa shape index (κ3) is 6.83. The molecule has 172 valence electrons. The molecule has 0 aliphatic rings. The largest absolute Gasteiger partial charge is 0.493 e. The predicted molar refractivity (Wildman–Crippen MR) is 146 cm³/mol. The maximum absolute atomic E-state index is 5.16. The van der Waals surface area contributed by atoms with Crippen LogP contribution >= 0.6 is 23.9 Å². The first-order chi connectivity index (χ1) is 15.7. The Morgan fingerprint density at radius 1 is 0.515 bits per heavy atom. The van der Waals surface area contributed by atoms with Gasteiger partial charge in [0.1, 0.15) is 0 Å². The summed E-state index contributed by atoms with van der Waals surface area (Å²) in [6.07, 6.45) is 0. The number of hydrogen-bond donors (Lipinski definition) is 0. The summed E-state index contributed by atoms with van der Waals surface area (Å²) in [4.78, 5) is 0. The monoisotopic (exact) mass is 524 g/mol. The van der Waals surface area contributed by atoms with Crippen molar-refractivity contribution in [3.63, 3.8) is 0 Å². The van der Waals surface area contributed by atoms with Gasteiger partial charge in [-0.05, 0) is 51.9 Å². The zero-order valence-corrected chi connectivity index (χ0v) is 20.8. The summed E-state index contributed by atoms with van der Waals surface area (Å²) in [5.74, 6) is 1.89. The van der Waals surface area contributed by atoms with Crippen molar-refractivity contribution in [2.45, 2.75) is 7.43 Å². The van der Waals surface area contributed by atoms with E-state index in [0.29, 0.717) is 17.2 Å². The van der Waals surface area contributed by atoms with E-state index in [-0.39, 0.29) is 7.43 Å². The van der Waals surface area contributed by atoms with Crippen LogP contribution in [-0.2, 0) is 0 Å². The molecule has 0 heterocycles. The lowest BCUT2D eigenvalue weighted by atomic mass is 10.3. The highest BCUT2D eigenvalue weighted by molar-refractivity contribution is 9.10. The van der Waals surface area contributed by atoms with Gasteiger partial charge in [0.25, 0.3) is 0 Å². The van der Waals surface area contributed by atoms with Gasteiger partial charge in [-0.15, -0.1) is 0 Å². The average Bonchev–Trinajstić information content (AvgIpc) is 2.86. The van der Waals surface area contributed by atoms with Gasteiger partial charge in [-0.3, -0.25) is 0 Å². The summed E-state index contributed by atoms with van der Waals surface area (Å²) >= 11 is 3.35. The SMILES string of the molecule is C.COc1ccc(Br)c(OC)c1OC.c1ccc(P(c2ccccc2)c2ccccc2)cc1. The van der Waals surface area contributed by atoms with Gasteiger partial charge >= 0.3 is 0 Å². The predicted octanol–water partition coefficient (Wildman–Crippen LogP) is 6.56. The topological polar surface area (TPSA) is 27.7 Å². The third-order valence-corrected chi connectivity index (χ3v) is 7.77. The lowest BCUT2D eigenvalue weighted by Gasteiger charge is -2.18. The molecular weight excluding hydrogens is 495 g/mol. The summed E-state index contributed by atoms with van der Waals surface area (Å²) in [6, 6.07) is 36.0. The molecule has 0 bridgehead atoms. The first kappa shape index (κ1) is 26.4. The molecule has 0 amide bonds. The van der Waals surface area contributed by atoms with Crippen LogP contribution < -0.4 is 30.1 Å². The Morgan fingerprint density at radius 2 is 0.909 bits per heavy atom. The zero-order valence-electron chi connectivity index (χ0n) is 18.4. The van der Waals surface area contributed by atoms with Crippen molar-refractivity contribution in [2.75, 3.05) is 21.3 Å². The molecule has 0 spiro atoms. The van der Waals surface area contributed by atoms with Crippen molar-refractivity contribution in [3.8, 4) is 17.2 Å². The van der Waals surface area contributed by atoms with Crippen LogP contribution in [-0.4, -0.2) is 21.3 Å². The molecule has 0 fully saturated rings. The summed E-state index contributed by atoms with van der Waals surface area (Å²) in [6.45, 7) is 0. The molecule has 0 aromatic heterocycles. The highest BCUT2D eigenvalue weighted by Gasteiger charge is 2.15. The minimum atomic E-state index is -0.446. The Bertz CT molecular complexity index is 996. The second-order valence-electron chi connectivity index (χ2n) is 6.66. The van der Waals surface area contributed by atoms with Crippen LogP contribution in [0.15, 0.2) is 108 Å². The molecule has 33 heavy (non-hydrogen) atoms. The van der Waals surface area contributed by atoms with E-state index in [2.05, 4.69) is 107 Å². The molecule has 4 aromatic carbocycles. The number of rotatable bonds is 6. The second kappa shape index (κ2) is 13.7. The Kier molecular flexibility index (Phi) is 11.0. The van der Waals surface area contributed by atoms with E-state index in [1.807, 2.05) is 12.1 Å². The molecule has 0 saturated heterocycles. The first-order valence-electron chi connectivity index (χ1n) is 10.1. The molecule has 0 saturated carbocycles. The van der Waals surface area contributed by atoms with Crippen LogP contribution in [0.1, 0.15) is 7.43 Å². The van der Waals surface area contributed by atoms with E-state index in [0.717, 1.165) is 4.47 Å². The number of hydrogen-bond acceptors (Lipinski definition) is 3. The Hall–Kier alpha value is -2.81. The quantitative estimate of drug-likeness (QED) is 0.267. The van der Waals surface area contributed by atoms with Crippen LogP contribution in [0.3, 0.4) is 0 Å². The van der Waals surface area contributed by atoms with Gasteiger partial charge in [-0.25, -0.2) is 0 Å². The van der Waals surface area contributed by atoms with Gasteiger partial charge in [0.05, 0.1) is 25.8 Å². The molecule has 3 nitrogen and oxygen atoms in total. The minimum absolute atomic E-state index is 0. The van der Waals surface area contributed by atoms with Crippen LogP contribution in [0.5, 0.6) is 17.2 Å². The van der Waals surface area contributed by atoms with Gasteiger partial charge in [0.2, 0.25) is 5.75 Å². The smallest absolute Gasteiger partial charge is 0.204 e. The summed E-state index contributed by atoms with van der Waals surface area (Å²) in [5.41, 5.74) is 0. The molecule has 0 atom stereocenters. The van der Waals surface area contributed by atoms with Crippen LogP contribution in [0.4, 0.5) is 0 Å². The van der Waals surface area contributed by atoms with Gasteiger partial charge < -0.3 is 14.2 Å². The molecule has 4 aromatic rings. The number of methoxy groups -OCH3 is 3. The Labute approximate surface area is 207 Å². The summed E-state index contributed by atoms with van der Waals surface area (Å²) in [7, 11) is 4.30. The lowest BCUT2D eigenvalue weighted by Crippen LogP contribution is -2.20. The molecule has 0 aliphatic carbocycles. The fourth-order valence-electron chi connectivity index (χ4n) is 3.24. The van der Waals surface area contributed by atoms with E-state index < -0.39 is 7.92 Å². The van der Waals surface area contributed by atoms with Gasteiger partial charge in [0.15, 0.2) is 11.5 Å². The maximum Gasteiger partial charge on any atom is 0.204 e. The van der Waals surface area contributed by atoms with Gasteiger partial charge in [-0.2, -0.15) is 0 Å². The molecule has 4 rings (SSSR count). The lowest BCUT2D eigenvalue weighted by molar-refractivity contribution is 0.323. The Balaban J connectivity index is 0.000000244. The summed E-state index contributed by atoms with van der Waals surface area (Å²) in [5, 5.41) is 4.19. The minimum Gasteiger partial charge on any atom is -0.493 e. The fraction of sp³-hybridized carbons (Fsp3) is 0.143. The van der Waals surface area contributed by atoms with E-state index in [1.54, 1.807) is 21.3 Å². The standard InChI is InChI=1S/C18H15P.C9H11BrO3.CH4/c1-4-10-16(11-5-1)19(17-12-6-2-7-13-17)18-14-8-3-9-15-18;1-11-7-5-4-6(10)8(12-2)9(7)13-3;/h1-15H;4-5H,1-3H3;1H4. The average molecular weight is 525 g/mol. The highest BCUT2D eigenvalue weighted by Crippen LogP contribution is 2.42. The fourth-order valence-corrected chi connectivity index (χ4v) is 6.02. The van der Waals surface area contributed by atoms with E-state index in [1.165, 1.54) is 15.9 Å². The van der Waals surface area contributed by atoms with Crippen molar-refractivity contribution in [1.82, 2.24) is 0 Å².